The molecular weight excluding hydrogens is 1010 g/mol. The van der Waals surface area contributed by atoms with Crippen molar-refractivity contribution in [3.8, 4) is 5.75 Å². The lowest BCUT2D eigenvalue weighted by molar-refractivity contribution is -0.438. The van der Waals surface area contributed by atoms with Gasteiger partial charge >= 0.3 is 5.97 Å². The fourth-order valence-electron chi connectivity index (χ4n) is 8.66. The predicted molar refractivity (Wildman–Crippen MR) is 240 cm³/mol. The molecule has 2 aliphatic rings. The van der Waals surface area contributed by atoms with Gasteiger partial charge in [0.05, 0.1) is 25.3 Å². The molecule has 3 aromatic carbocycles. The average molecular weight is 1060 g/mol. The van der Waals surface area contributed by atoms with Crippen molar-refractivity contribution < 1.29 is 88.3 Å². The van der Waals surface area contributed by atoms with Gasteiger partial charge in [0.2, 0.25) is 23.1 Å². The number of unbranched alkanes of at least 4 members (excludes halogenated alkanes) is 2. The van der Waals surface area contributed by atoms with Gasteiger partial charge < -0.3 is 32.6 Å². The molecule has 0 spiro atoms. The van der Waals surface area contributed by atoms with Crippen LogP contribution in [0.3, 0.4) is 0 Å². The maximum absolute atomic E-state index is 14.4. The van der Waals surface area contributed by atoms with Crippen molar-refractivity contribution in [3.05, 3.63) is 119 Å². The van der Waals surface area contributed by atoms with E-state index in [-0.39, 0.29) is 38.8 Å². The second-order valence-corrected chi connectivity index (χ2v) is 22.3. The van der Waals surface area contributed by atoms with E-state index in [4.69, 9.17) is 4.74 Å². The predicted octanol–water partition coefficient (Wildman–Crippen LogP) is 6.19. The number of likely N-dealkylation sites (N-methyl/N-ethyl adjacent to an activating group) is 1. The first-order valence-electron chi connectivity index (χ1n) is 21.3. The molecule has 0 amide bonds. The van der Waals surface area contributed by atoms with E-state index in [9.17, 15) is 74.2 Å². The summed E-state index contributed by atoms with van der Waals surface area (Å²) in [5.41, 5.74) is 1.46. The number of anilines is 1. The molecule has 0 N–H and O–H groups in total. The van der Waals surface area contributed by atoms with Crippen LogP contribution in [-0.2, 0) is 60.8 Å². The summed E-state index contributed by atoms with van der Waals surface area (Å²) in [7, 11) is -18.8. The monoisotopic (exact) mass is 1060 g/mol. The molecule has 2 atom stereocenters. The van der Waals surface area contributed by atoms with Gasteiger partial charge in [-0.3, -0.25) is 4.79 Å². The molecule has 0 bridgehead atoms. The third-order valence-electron chi connectivity index (χ3n) is 12.1. The number of nitrogens with zero attached hydrogens (tertiary/aromatic N) is 2. The maximum atomic E-state index is 14.4. The molecule has 2 heterocycles. The fraction of sp³-hybridized carbons (Fsp3) is 0.378. The topological polar surface area (TPSA) is 271 Å². The summed E-state index contributed by atoms with van der Waals surface area (Å²) >= 11 is 0. The fourth-order valence-corrected chi connectivity index (χ4v) is 10.8. The summed E-state index contributed by atoms with van der Waals surface area (Å²) < 4.78 is 209. The first-order chi connectivity index (χ1) is 32.5. The van der Waals surface area contributed by atoms with Crippen LogP contribution in [0.4, 0.5) is 28.9 Å². The highest BCUT2D eigenvalue weighted by Gasteiger charge is 2.48. The lowest BCUT2D eigenvalue weighted by Crippen LogP contribution is -2.33. The Kier molecular flexibility index (Phi) is 17.3. The van der Waals surface area contributed by atoms with E-state index in [1.54, 1.807) is 49.5 Å². The Balaban J connectivity index is 1.40. The van der Waals surface area contributed by atoms with Crippen LogP contribution in [0.5, 0.6) is 5.75 Å². The highest BCUT2D eigenvalue weighted by atomic mass is 32.2. The van der Waals surface area contributed by atoms with E-state index in [0.29, 0.717) is 53.3 Å². The van der Waals surface area contributed by atoms with Gasteiger partial charge in [-0.25, -0.2) is 42.5 Å². The number of rotatable bonds is 22. The standard InChI is InChI=1S/C45H50F4N2O15S4/c1-5-50-33-20-18-29(68(56,57)58)27-31(33)44(2,22-14-26-67(53,54)55)35(50)15-10-7-6-8-11-16-36-45(3,23-25-65-4)32-28-30(69(59,60)61)19-21-34(32)51(36)24-13-9-12-17-37(52)66-42-38(46)40(48)43(70(62,63)64)41(49)39(42)47/h6-8,10-11,15-16,18-21,27-28H,5,9,12-14,17,22-26H2,1-4H3,(H3-,53,54,55,56,57,58,59,60,61,62,63,64)/p-3. The van der Waals surface area contributed by atoms with Crippen LogP contribution in [0.15, 0.2) is 99.3 Å². The molecular formula is C45H47F4N2O15S4-3. The normalized spacial score (nSPS) is 19.4. The second-order valence-electron chi connectivity index (χ2n) is 16.7. The lowest BCUT2D eigenvalue weighted by atomic mass is 9.76. The van der Waals surface area contributed by atoms with Crippen molar-refractivity contribution >= 4 is 63.5 Å². The molecule has 2 aliphatic heterocycles. The number of carbonyl (C=O) groups excluding carboxylic acids is 1. The third-order valence-corrected chi connectivity index (χ3v) is 15.4. The van der Waals surface area contributed by atoms with Crippen LogP contribution in [0.2, 0.25) is 0 Å². The van der Waals surface area contributed by atoms with E-state index in [0.717, 1.165) is 0 Å². The van der Waals surface area contributed by atoms with Crippen LogP contribution in [-0.4, -0.2) is 101 Å². The summed E-state index contributed by atoms with van der Waals surface area (Å²) in [5, 5.41) is 0. The Morgan fingerprint density at radius 3 is 1.87 bits per heavy atom. The van der Waals surface area contributed by atoms with Crippen LogP contribution >= 0.6 is 0 Å². The molecule has 5 rings (SSSR count). The van der Waals surface area contributed by atoms with Gasteiger partial charge in [-0.05, 0) is 94.8 Å². The zero-order valence-corrected chi connectivity index (χ0v) is 41.2. The number of benzene rings is 3. The van der Waals surface area contributed by atoms with E-state index in [1.807, 2.05) is 23.3 Å². The summed E-state index contributed by atoms with van der Waals surface area (Å²) in [4.78, 5) is 11.0. The second kappa shape index (κ2) is 21.7. The molecule has 0 aliphatic carbocycles. The van der Waals surface area contributed by atoms with Crippen molar-refractivity contribution in [3.63, 3.8) is 0 Å². The minimum atomic E-state index is -5.99. The number of hydrogen-bond acceptors (Lipinski definition) is 16. The molecule has 25 heteroatoms. The zero-order valence-electron chi connectivity index (χ0n) is 37.9. The first kappa shape index (κ1) is 55.8. The number of allylic oxidation sites excluding steroid dienone is 8. The smallest absolute Gasteiger partial charge is 0.311 e. The van der Waals surface area contributed by atoms with Crippen molar-refractivity contribution in [2.75, 3.05) is 37.5 Å². The molecule has 70 heavy (non-hydrogen) atoms. The van der Waals surface area contributed by atoms with Gasteiger partial charge in [0.15, 0.2) is 17.3 Å². The van der Waals surface area contributed by atoms with Gasteiger partial charge in [0.25, 0.3) is 0 Å². The van der Waals surface area contributed by atoms with E-state index in [2.05, 4.69) is 4.74 Å². The number of hydrogen-bond donors (Lipinski definition) is 0. The van der Waals surface area contributed by atoms with Crippen LogP contribution in [0.1, 0.15) is 76.8 Å². The molecule has 0 aromatic heterocycles. The van der Waals surface area contributed by atoms with Crippen molar-refractivity contribution in [2.45, 2.75) is 91.2 Å². The molecule has 3 aromatic rings. The maximum Gasteiger partial charge on any atom is 0.311 e. The van der Waals surface area contributed by atoms with E-state index in [1.165, 1.54) is 43.5 Å². The molecule has 2 unspecified atom stereocenters. The van der Waals surface area contributed by atoms with Gasteiger partial charge in [-0.15, -0.1) is 0 Å². The van der Waals surface area contributed by atoms with Crippen molar-refractivity contribution in [1.29, 1.82) is 0 Å². The van der Waals surface area contributed by atoms with Crippen molar-refractivity contribution in [1.82, 2.24) is 0 Å². The van der Waals surface area contributed by atoms with Gasteiger partial charge in [0, 0.05) is 73.4 Å². The Hall–Kier alpha value is -5.12. The summed E-state index contributed by atoms with van der Waals surface area (Å²) in [5.74, 6) is -13.8. The summed E-state index contributed by atoms with van der Waals surface area (Å²) in [6.45, 7) is 6.28. The van der Waals surface area contributed by atoms with E-state index >= 15 is 0 Å². The van der Waals surface area contributed by atoms with Crippen molar-refractivity contribution in [2.24, 2.45) is 0 Å². The molecule has 0 saturated carbocycles. The number of ether oxygens (including phenoxy) is 2. The molecule has 0 fully saturated rings. The molecule has 17 nitrogen and oxygen atoms in total. The minimum absolute atomic E-state index is 0.0118. The highest BCUT2D eigenvalue weighted by molar-refractivity contribution is 7.86. The zero-order chi connectivity index (χ0) is 52.2. The average Bonchev–Trinajstić information content (AvgIpc) is 3.64. The number of methoxy groups -OCH3 is 1. The van der Waals surface area contributed by atoms with Gasteiger partial charge in [0.1, 0.15) is 41.8 Å². The quantitative estimate of drug-likeness (QED) is 0.0159. The first-order valence-corrected chi connectivity index (χ1v) is 27.1. The lowest BCUT2D eigenvalue weighted by Gasteiger charge is -2.30. The minimum Gasteiger partial charge on any atom is -0.748 e. The van der Waals surface area contributed by atoms with Gasteiger partial charge in [-0.2, -0.15) is 13.4 Å². The van der Waals surface area contributed by atoms with Gasteiger partial charge in [-0.1, -0.05) is 30.4 Å². The summed E-state index contributed by atoms with van der Waals surface area (Å²) in [6, 6.07) is 7.90. The third kappa shape index (κ3) is 12.3. The Morgan fingerprint density at radius 2 is 1.30 bits per heavy atom. The largest absolute Gasteiger partial charge is 0.748 e. The molecule has 382 valence electrons. The number of esters is 1. The molecule has 0 saturated heterocycles. The number of fused-ring (bicyclic) bond motifs is 2. The number of carbonyl (C=O) groups is 1. The molecule has 0 radical (unpaired) electrons. The number of halogens is 4. The SMILES string of the molecule is CCN1/C(=C/C=C/C=C/C=C/C2=[N+](CCCCCC(=O)Oc3c(F)c(F)c(S(=O)(=O)[O-])c(F)c3F)c3ccc(S(=O)(=O)[O-])cc3C2(C)CCOC)C(C)(CCCS(=O)(=O)[O-])c2cc(S(=O)(=O)[O-])ccc21. The highest BCUT2D eigenvalue weighted by Crippen LogP contribution is 2.51. The summed E-state index contributed by atoms with van der Waals surface area (Å²) in [6.07, 6.45) is 12.4. The Labute approximate surface area is 403 Å². The Morgan fingerprint density at radius 1 is 0.714 bits per heavy atom. The van der Waals surface area contributed by atoms with Crippen LogP contribution in [0, 0.1) is 23.3 Å². The van der Waals surface area contributed by atoms with Crippen LogP contribution < -0.4 is 9.64 Å². The Bertz CT molecular complexity index is 3150. The van der Waals surface area contributed by atoms with E-state index < -0.39 is 113 Å². The van der Waals surface area contributed by atoms with Crippen LogP contribution in [0.25, 0.3) is 0 Å².